The van der Waals surface area contributed by atoms with Crippen LogP contribution in [0.5, 0.6) is 5.75 Å². The average molecular weight is 467 g/mol. The van der Waals surface area contributed by atoms with E-state index in [0.29, 0.717) is 34.8 Å². The summed E-state index contributed by atoms with van der Waals surface area (Å²) >= 11 is 0. The Labute approximate surface area is 193 Å². The molecule has 34 heavy (non-hydrogen) atoms. The average Bonchev–Trinajstić information content (AvgIpc) is 3.55. The Balaban J connectivity index is 1.61. The van der Waals surface area contributed by atoms with Crippen LogP contribution in [0.3, 0.4) is 0 Å². The largest absolute Gasteiger partial charge is 0.489 e. The van der Waals surface area contributed by atoms with Crippen LogP contribution in [0.4, 0.5) is 19.0 Å². The van der Waals surface area contributed by atoms with Crippen molar-refractivity contribution in [1.82, 2.24) is 15.0 Å². The maximum atomic E-state index is 13.4. The van der Waals surface area contributed by atoms with Crippen molar-refractivity contribution in [2.24, 2.45) is 5.92 Å². The fourth-order valence-electron chi connectivity index (χ4n) is 3.88. The number of alkyl halides is 3. The van der Waals surface area contributed by atoms with Crippen molar-refractivity contribution < 1.29 is 22.7 Å². The lowest BCUT2D eigenvalue weighted by Gasteiger charge is -2.21. The topological polar surface area (TPSA) is 101 Å². The molecule has 2 atom stereocenters. The molecule has 0 radical (unpaired) electrons. The van der Waals surface area contributed by atoms with E-state index in [-0.39, 0.29) is 12.4 Å². The van der Waals surface area contributed by atoms with E-state index in [1.165, 1.54) is 30.6 Å². The van der Waals surface area contributed by atoms with Crippen molar-refractivity contribution >= 4 is 11.7 Å². The number of benzene rings is 1. The molecule has 0 unspecified atom stereocenters. The number of rotatable bonds is 6. The lowest BCUT2D eigenvalue weighted by molar-refractivity contribution is -0.137. The number of carbonyl (C=O) groups is 1. The first-order valence-electron chi connectivity index (χ1n) is 10.4. The molecular formula is C24H20F3N5O2. The van der Waals surface area contributed by atoms with Crippen LogP contribution in [0.15, 0.2) is 48.8 Å². The third-order valence-electron chi connectivity index (χ3n) is 5.84. The van der Waals surface area contributed by atoms with Gasteiger partial charge in [0.25, 0.3) is 0 Å². The number of carbonyl (C=O) groups excluding carboxylic acids is 1. The molecule has 0 spiro atoms. The Bertz CT molecular complexity index is 1270. The van der Waals surface area contributed by atoms with Crippen LogP contribution in [-0.2, 0) is 16.4 Å². The maximum absolute atomic E-state index is 13.4. The number of nitrogens with zero attached hydrogens (tertiary/aromatic N) is 4. The molecule has 2 heterocycles. The van der Waals surface area contributed by atoms with E-state index in [4.69, 9.17) is 10.00 Å². The molecule has 1 fully saturated rings. The second-order valence-corrected chi connectivity index (χ2v) is 8.18. The molecule has 10 heteroatoms. The fourth-order valence-corrected chi connectivity index (χ4v) is 3.88. The predicted octanol–water partition coefficient (Wildman–Crippen LogP) is 4.35. The molecular weight excluding hydrogens is 447 g/mol. The second-order valence-electron chi connectivity index (χ2n) is 8.18. The molecule has 1 amide bonds. The van der Waals surface area contributed by atoms with Gasteiger partial charge in [0.2, 0.25) is 5.91 Å². The monoisotopic (exact) mass is 467 g/mol. The summed E-state index contributed by atoms with van der Waals surface area (Å²) in [7, 11) is 0. The number of amides is 1. The highest BCUT2D eigenvalue weighted by Crippen LogP contribution is 2.55. The minimum absolute atomic E-state index is 0.0273. The van der Waals surface area contributed by atoms with Crippen LogP contribution in [-0.4, -0.2) is 27.5 Å². The van der Waals surface area contributed by atoms with Crippen molar-refractivity contribution in [1.29, 1.82) is 5.26 Å². The lowest BCUT2D eigenvalue weighted by atomic mass is 9.92. The molecule has 0 aliphatic heterocycles. The third-order valence-corrected chi connectivity index (χ3v) is 5.84. The van der Waals surface area contributed by atoms with Gasteiger partial charge >= 0.3 is 6.18 Å². The number of anilines is 1. The van der Waals surface area contributed by atoms with Crippen LogP contribution in [0.2, 0.25) is 0 Å². The zero-order valence-electron chi connectivity index (χ0n) is 18.3. The van der Waals surface area contributed by atoms with Crippen LogP contribution in [0.25, 0.3) is 0 Å². The molecule has 4 rings (SSSR count). The first-order chi connectivity index (χ1) is 16.1. The summed E-state index contributed by atoms with van der Waals surface area (Å²) in [4.78, 5) is 25.4. The lowest BCUT2D eigenvalue weighted by Crippen LogP contribution is -2.27. The van der Waals surface area contributed by atoms with E-state index >= 15 is 0 Å². The quantitative estimate of drug-likeness (QED) is 0.578. The number of ether oxygens (including phenoxy) is 1. The number of aryl methyl sites for hydroxylation is 2. The normalized spacial score (nSPS) is 19.2. The molecule has 1 N–H and O–H groups in total. The van der Waals surface area contributed by atoms with Crippen LogP contribution in [0.1, 0.15) is 34.6 Å². The number of nitrogens with one attached hydrogen (secondary N) is 1. The Morgan fingerprint density at radius 3 is 2.68 bits per heavy atom. The highest BCUT2D eigenvalue weighted by Gasteiger charge is 2.60. The minimum Gasteiger partial charge on any atom is -0.489 e. The van der Waals surface area contributed by atoms with Crippen molar-refractivity contribution in [2.75, 3.05) is 11.9 Å². The number of nitriles is 1. The van der Waals surface area contributed by atoms with Crippen molar-refractivity contribution in [3.8, 4) is 11.8 Å². The summed E-state index contributed by atoms with van der Waals surface area (Å²) in [5.41, 5.74) is -0.461. The van der Waals surface area contributed by atoms with E-state index in [1.807, 2.05) is 6.07 Å². The number of pyridine rings is 1. The van der Waals surface area contributed by atoms with Gasteiger partial charge in [-0.15, -0.1) is 0 Å². The summed E-state index contributed by atoms with van der Waals surface area (Å²) in [5, 5.41) is 11.6. The third kappa shape index (κ3) is 4.69. The predicted molar refractivity (Wildman–Crippen MR) is 116 cm³/mol. The minimum atomic E-state index is -4.52. The zero-order chi connectivity index (χ0) is 24.5. The van der Waals surface area contributed by atoms with Crippen LogP contribution >= 0.6 is 0 Å². The summed E-state index contributed by atoms with van der Waals surface area (Å²) in [6, 6.07) is 9.91. The van der Waals surface area contributed by atoms with Gasteiger partial charge in [0, 0.05) is 11.6 Å². The van der Waals surface area contributed by atoms with Gasteiger partial charge in [-0.1, -0.05) is 18.2 Å². The molecule has 2 aromatic heterocycles. The molecule has 1 aliphatic rings. The summed E-state index contributed by atoms with van der Waals surface area (Å²) in [5.74, 6) is 0.181. The molecule has 3 aromatic rings. The van der Waals surface area contributed by atoms with Crippen LogP contribution < -0.4 is 10.1 Å². The molecule has 7 nitrogen and oxygen atoms in total. The molecule has 1 aromatic carbocycles. The molecule has 1 saturated carbocycles. The van der Waals surface area contributed by atoms with Gasteiger partial charge < -0.3 is 10.1 Å². The molecule has 0 saturated heterocycles. The highest BCUT2D eigenvalue weighted by molar-refractivity contribution is 5.95. The molecule has 1 aliphatic carbocycles. The first kappa shape index (κ1) is 23.2. The standard InChI is InChI=1S/C24H20F3N5O2/c1-14-20(12-29-15(2)31-14)34-13-23(17-4-3-5-18(8-17)24(25,26)27)9-19(23)22(33)32-21-7-6-16(10-28)11-30-21/h3-8,11-12,19H,9,13H2,1-2H3,(H,30,32,33)/t19-,23+/m0/s1. The van der Waals surface area contributed by atoms with E-state index in [9.17, 15) is 18.0 Å². The SMILES string of the molecule is Cc1ncc(OC[C@@]2(c3cccc(C(F)(F)F)c3)C[C@H]2C(=O)Nc2ccc(C#N)cn2)c(C)n1. The van der Waals surface area contributed by atoms with E-state index in [0.717, 1.165) is 12.1 Å². The zero-order valence-corrected chi connectivity index (χ0v) is 18.3. The molecule has 0 bridgehead atoms. The van der Waals surface area contributed by atoms with Gasteiger partial charge in [0.15, 0.2) is 5.75 Å². The van der Waals surface area contributed by atoms with Gasteiger partial charge in [0.05, 0.1) is 35.5 Å². The fraction of sp³-hybridized carbons (Fsp3) is 0.292. The summed E-state index contributed by atoms with van der Waals surface area (Å²) in [6.07, 6.45) is -1.39. The number of halogens is 3. The van der Waals surface area contributed by atoms with Gasteiger partial charge in [-0.05, 0) is 44.0 Å². The number of hydrogen-bond acceptors (Lipinski definition) is 6. The Morgan fingerprint density at radius 1 is 1.24 bits per heavy atom. The summed E-state index contributed by atoms with van der Waals surface area (Å²) in [6.45, 7) is 3.45. The van der Waals surface area contributed by atoms with Crippen molar-refractivity contribution in [3.05, 3.63) is 77.0 Å². The van der Waals surface area contributed by atoms with Gasteiger partial charge in [-0.25, -0.2) is 15.0 Å². The summed E-state index contributed by atoms with van der Waals surface area (Å²) < 4.78 is 46.0. The van der Waals surface area contributed by atoms with Crippen molar-refractivity contribution in [2.45, 2.75) is 31.9 Å². The smallest absolute Gasteiger partial charge is 0.416 e. The number of aromatic nitrogens is 3. The van der Waals surface area contributed by atoms with Gasteiger partial charge in [0.1, 0.15) is 17.7 Å². The first-order valence-corrected chi connectivity index (χ1v) is 10.4. The Kier molecular flexibility index (Phi) is 5.96. The highest BCUT2D eigenvalue weighted by atomic mass is 19.4. The Morgan fingerprint density at radius 2 is 2.03 bits per heavy atom. The van der Waals surface area contributed by atoms with E-state index < -0.39 is 29.0 Å². The van der Waals surface area contributed by atoms with Crippen molar-refractivity contribution in [3.63, 3.8) is 0 Å². The van der Waals surface area contributed by atoms with E-state index in [2.05, 4.69) is 20.3 Å². The van der Waals surface area contributed by atoms with E-state index in [1.54, 1.807) is 19.9 Å². The van der Waals surface area contributed by atoms with Gasteiger partial charge in [-0.2, -0.15) is 18.4 Å². The van der Waals surface area contributed by atoms with Gasteiger partial charge in [-0.3, -0.25) is 4.79 Å². The van der Waals surface area contributed by atoms with Crippen LogP contribution in [0, 0.1) is 31.1 Å². The molecule has 174 valence electrons. The Hall–Kier alpha value is -4.00. The second kappa shape index (κ2) is 8.74. The maximum Gasteiger partial charge on any atom is 0.416 e. The number of hydrogen-bond donors (Lipinski definition) is 1.